The molecule has 2 nitrogen and oxygen atoms in total. The van der Waals surface area contributed by atoms with Gasteiger partial charge in [-0.1, -0.05) is 54.6 Å². The smallest absolute Gasteiger partial charge is 0.0709 e. The Morgan fingerprint density at radius 2 is 1.58 bits per heavy atom. The molecule has 0 amide bonds. The van der Waals surface area contributed by atoms with Crippen LogP contribution < -0.4 is 5.73 Å². The third kappa shape index (κ3) is 2.47. The predicted octanol–water partition coefficient (Wildman–Crippen LogP) is 3.69. The Morgan fingerprint density at radius 1 is 0.842 bits per heavy atom. The molecule has 3 rings (SSSR count). The largest absolute Gasteiger partial charge is 0.398 e. The maximum atomic E-state index is 6.09. The van der Waals surface area contributed by atoms with E-state index in [0.717, 1.165) is 27.9 Å². The van der Waals surface area contributed by atoms with E-state index in [1.165, 1.54) is 0 Å². The van der Waals surface area contributed by atoms with E-state index in [-0.39, 0.29) is 0 Å². The quantitative estimate of drug-likeness (QED) is 0.749. The van der Waals surface area contributed by atoms with E-state index in [2.05, 4.69) is 17.1 Å². The number of hydrogen-bond donors (Lipinski definition) is 1. The normalized spacial score (nSPS) is 11.7. The van der Waals surface area contributed by atoms with Crippen LogP contribution in [0.4, 0.5) is 0 Å². The van der Waals surface area contributed by atoms with Crippen LogP contribution in [0, 0.1) is 0 Å². The van der Waals surface area contributed by atoms with Crippen LogP contribution in [0.15, 0.2) is 66.7 Å². The average molecular weight is 246 g/mol. The summed E-state index contributed by atoms with van der Waals surface area (Å²) in [6, 6.07) is 22.0. The molecule has 3 aromatic rings. The van der Waals surface area contributed by atoms with Gasteiger partial charge in [-0.25, -0.2) is 4.98 Å². The van der Waals surface area contributed by atoms with E-state index in [9.17, 15) is 0 Å². The topological polar surface area (TPSA) is 38.9 Å². The van der Waals surface area contributed by atoms with Gasteiger partial charge >= 0.3 is 0 Å². The number of nitrogens with two attached hydrogens (primary N) is 1. The van der Waals surface area contributed by atoms with Crippen molar-refractivity contribution in [1.29, 1.82) is 0 Å². The van der Waals surface area contributed by atoms with E-state index in [1.807, 2.05) is 60.7 Å². The minimum atomic E-state index is 0.725. The zero-order valence-electron chi connectivity index (χ0n) is 10.5. The van der Waals surface area contributed by atoms with Gasteiger partial charge in [0, 0.05) is 11.1 Å². The van der Waals surface area contributed by atoms with Crippen molar-refractivity contribution in [2.24, 2.45) is 5.73 Å². The molecule has 19 heavy (non-hydrogen) atoms. The zero-order valence-corrected chi connectivity index (χ0v) is 10.5. The van der Waals surface area contributed by atoms with Crippen molar-refractivity contribution in [1.82, 2.24) is 4.98 Å². The highest BCUT2D eigenvalue weighted by atomic mass is 14.7. The Labute approximate surface area is 112 Å². The van der Waals surface area contributed by atoms with Crippen molar-refractivity contribution in [2.45, 2.75) is 0 Å². The van der Waals surface area contributed by atoms with Crippen molar-refractivity contribution in [3.05, 3.63) is 78.0 Å². The molecule has 0 saturated carbocycles. The molecule has 0 aliphatic heterocycles. The van der Waals surface area contributed by atoms with Crippen molar-refractivity contribution < 1.29 is 0 Å². The van der Waals surface area contributed by atoms with Gasteiger partial charge in [-0.3, -0.25) is 0 Å². The summed E-state index contributed by atoms with van der Waals surface area (Å²) in [6.07, 6.45) is 1.90. The van der Waals surface area contributed by atoms with Crippen LogP contribution in [-0.4, -0.2) is 4.98 Å². The molecule has 0 radical (unpaired) electrons. The molecule has 1 heterocycles. The first kappa shape index (κ1) is 11.5. The van der Waals surface area contributed by atoms with Crippen molar-refractivity contribution >= 4 is 22.7 Å². The fraction of sp³-hybridized carbons (Fsp3) is 0. The van der Waals surface area contributed by atoms with Gasteiger partial charge in [0.1, 0.15) is 0 Å². The van der Waals surface area contributed by atoms with Crippen molar-refractivity contribution in [3.8, 4) is 0 Å². The fourth-order valence-electron chi connectivity index (χ4n) is 2.04. The minimum absolute atomic E-state index is 0.725. The molecule has 0 saturated heterocycles. The molecule has 1 aromatic heterocycles. The number of nitrogens with zero attached hydrogens (tertiary/aromatic N) is 1. The SMILES string of the molecule is N/C(=C/c1ccc2ccccc2n1)c1ccccc1. The molecule has 2 N–H and O–H groups in total. The molecule has 92 valence electrons. The summed E-state index contributed by atoms with van der Waals surface area (Å²) < 4.78 is 0. The fourth-order valence-corrected chi connectivity index (χ4v) is 2.04. The molecule has 0 spiro atoms. The first-order chi connectivity index (χ1) is 9.33. The summed E-state index contributed by atoms with van der Waals surface area (Å²) in [5, 5.41) is 1.14. The molecule has 0 atom stereocenters. The minimum Gasteiger partial charge on any atom is -0.398 e. The molecule has 0 unspecified atom stereocenters. The number of para-hydroxylation sites is 1. The Hall–Kier alpha value is -2.61. The molecule has 0 aliphatic carbocycles. The highest BCUT2D eigenvalue weighted by molar-refractivity contribution is 5.83. The van der Waals surface area contributed by atoms with Crippen molar-refractivity contribution in [2.75, 3.05) is 0 Å². The van der Waals surface area contributed by atoms with E-state index >= 15 is 0 Å². The number of aromatic nitrogens is 1. The average Bonchev–Trinajstić information content (AvgIpc) is 2.48. The van der Waals surface area contributed by atoms with Gasteiger partial charge in [-0.2, -0.15) is 0 Å². The van der Waals surface area contributed by atoms with Gasteiger partial charge in [-0.15, -0.1) is 0 Å². The zero-order chi connectivity index (χ0) is 13.1. The van der Waals surface area contributed by atoms with Gasteiger partial charge in [0.15, 0.2) is 0 Å². The van der Waals surface area contributed by atoms with Crippen LogP contribution in [0.5, 0.6) is 0 Å². The van der Waals surface area contributed by atoms with E-state index < -0.39 is 0 Å². The molecule has 2 aromatic carbocycles. The van der Waals surface area contributed by atoms with Gasteiger partial charge in [0.2, 0.25) is 0 Å². The van der Waals surface area contributed by atoms with Crippen LogP contribution >= 0.6 is 0 Å². The summed E-state index contributed by atoms with van der Waals surface area (Å²) in [4.78, 5) is 4.58. The third-order valence-corrected chi connectivity index (χ3v) is 3.03. The lowest BCUT2D eigenvalue weighted by Gasteiger charge is -2.02. The maximum Gasteiger partial charge on any atom is 0.0709 e. The summed E-state index contributed by atoms with van der Waals surface area (Å²) in [5.41, 5.74) is 9.69. The summed E-state index contributed by atoms with van der Waals surface area (Å²) in [7, 11) is 0. The monoisotopic (exact) mass is 246 g/mol. The number of rotatable bonds is 2. The lowest BCUT2D eigenvalue weighted by Crippen LogP contribution is -1.96. The third-order valence-electron chi connectivity index (χ3n) is 3.03. The molecule has 2 heteroatoms. The molecular weight excluding hydrogens is 232 g/mol. The van der Waals surface area contributed by atoms with Crippen LogP contribution in [-0.2, 0) is 0 Å². The van der Waals surface area contributed by atoms with Crippen molar-refractivity contribution in [3.63, 3.8) is 0 Å². The van der Waals surface area contributed by atoms with Gasteiger partial charge in [0.25, 0.3) is 0 Å². The lowest BCUT2D eigenvalue weighted by atomic mass is 10.1. The number of benzene rings is 2. The second kappa shape index (κ2) is 4.94. The Bertz CT molecular complexity index is 730. The van der Waals surface area contributed by atoms with Gasteiger partial charge in [-0.05, 0) is 23.8 Å². The van der Waals surface area contributed by atoms with Gasteiger partial charge < -0.3 is 5.73 Å². The first-order valence-electron chi connectivity index (χ1n) is 6.21. The highest BCUT2D eigenvalue weighted by Gasteiger charge is 1.98. The van der Waals surface area contributed by atoms with Crippen LogP contribution in [0.2, 0.25) is 0 Å². The van der Waals surface area contributed by atoms with E-state index in [0.29, 0.717) is 0 Å². The van der Waals surface area contributed by atoms with Crippen LogP contribution in [0.3, 0.4) is 0 Å². The van der Waals surface area contributed by atoms with Gasteiger partial charge in [0.05, 0.1) is 11.2 Å². The molecular formula is C17H14N2. The predicted molar refractivity (Wildman–Crippen MR) is 80.2 cm³/mol. The Morgan fingerprint density at radius 3 is 2.42 bits per heavy atom. The lowest BCUT2D eigenvalue weighted by molar-refractivity contribution is 1.37. The maximum absolute atomic E-state index is 6.09. The Kier molecular flexibility index (Phi) is 2.99. The van der Waals surface area contributed by atoms with E-state index in [4.69, 9.17) is 5.73 Å². The summed E-state index contributed by atoms with van der Waals surface area (Å²) in [5.74, 6) is 0. The number of hydrogen-bond acceptors (Lipinski definition) is 2. The molecule has 0 aliphatic rings. The molecule has 0 fully saturated rings. The molecule has 0 bridgehead atoms. The highest BCUT2D eigenvalue weighted by Crippen LogP contribution is 2.15. The number of pyridine rings is 1. The summed E-state index contributed by atoms with van der Waals surface area (Å²) >= 11 is 0. The van der Waals surface area contributed by atoms with E-state index in [1.54, 1.807) is 0 Å². The number of fused-ring (bicyclic) bond motifs is 1. The van der Waals surface area contributed by atoms with Crippen LogP contribution in [0.25, 0.3) is 22.7 Å². The second-order valence-electron chi connectivity index (χ2n) is 4.39. The standard InChI is InChI=1S/C17H14N2/c18-16(13-6-2-1-3-7-13)12-15-11-10-14-8-4-5-9-17(14)19-15/h1-12H,18H2/b16-12+. The van der Waals surface area contributed by atoms with Crippen LogP contribution in [0.1, 0.15) is 11.3 Å². The second-order valence-corrected chi connectivity index (χ2v) is 4.39. The Balaban J connectivity index is 2.01. The first-order valence-corrected chi connectivity index (χ1v) is 6.21. The summed E-state index contributed by atoms with van der Waals surface area (Å²) in [6.45, 7) is 0.